The van der Waals surface area contributed by atoms with Gasteiger partial charge in [-0.2, -0.15) is 5.10 Å². The van der Waals surface area contributed by atoms with E-state index in [1.807, 2.05) is 30.3 Å². The Balaban J connectivity index is 0.979. The van der Waals surface area contributed by atoms with E-state index >= 15 is 0 Å². The maximum absolute atomic E-state index is 13.0. The molecule has 0 unspecified atom stereocenters. The molecule has 1 aromatic carbocycles. The third-order valence-corrected chi connectivity index (χ3v) is 8.69. The van der Waals surface area contributed by atoms with Gasteiger partial charge in [-0.1, -0.05) is 19.1 Å². The zero-order valence-electron chi connectivity index (χ0n) is 21.6. The minimum Gasteiger partial charge on any atom is -0.349 e. The first-order chi connectivity index (χ1) is 17.7. The summed E-state index contributed by atoms with van der Waals surface area (Å²) in [4.78, 5) is 20.0. The second kappa shape index (κ2) is 10.3. The van der Waals surface area contributed by atoms with Crippen LogP contribution in [0.15, 0.2) is 36.5 Å². The minimum absolute atomic E-state index is 0.0359. The Bertz CT molecular complexity index is 1220. The summed E-state index contributed by atoms with van der Waals surface area (Å²) in [6.07, 6.45) is 12.6. The summed E-state index contributed by atoms with van der Waals surface area (Å²) in [5, 5.41) is 9.30. The zero-order valence-corrected chi connectivity index (χ0v) is 21.6. The van der Waals surface area contributed by atoms with E-state index in [1.165, 1.54) is 56.6 Å². The average molecular weight is 486 g/mol. The molecule has 0 spiro atoms. The van der Waals surface area contributed by atoms with Gasteiger partial charge in [0, 0.05) is 48.5 Å². The van der Waals surface area contributed by atoms with Crippen LogP contribution in [0.5, 0.6) is 0 Å². The van der Waals surface area contributed by atoms with Crippen molar-refractivity contribution in [2.45, 2.75) is 83.8 Å². The first-order valence-electron chi connectivity index (χ1n) is 14.1. The highest BCUT2D eigenvalue weighted by Crippen LogP contribution is 2.33. The van der Waals surface area contributed by atoms with Crippen LogP contribution >= 0.6 is 0 Å². The molecule has 2 aliphatic carbocycles. The Morgan fingerprint density at radius 1 is 1.06 bits per heavy atom. The van der Waals surface area contributed by atoms with Gasteiger partial charge < -0.3 is 5.32 Å². The van der Waals surface area contributed by atoms with Gasteiger partial charge in [0.2, 0.25) is 0 Å². The van der Waals surface area contributed by atoms with Crippen molar-refractivity contribution in [3.63, 3.8) is 0 Å². The third kappa shape index (κ3) is 5.06. The normalized spacial score (nSPS) is 22.5. The maximum Gasteiger partial charge on any atom is 0.252 e. The van der Waals surface area contributed by atoms with Gasteiger partial charge in [-0.3, -0.25) is 19.4 Å². The van der Waals surface area contributed by atoms with E-state index < -0.39 is 0 Å². The molecule has 3 heterocycles. The molecule has 190 valence electrons. The smallest absolute Gasteiger partial charge is 0.252 e. The van der Waals surface area contributed by atoms with Gasteiger partial charge in [-0.15, -0.1) is 0 Å². The number of aromatic nitrogens is 3. The molecular formula is C30H39N5O. The highest BCUT2D eigenvalue weighted by atomic mass is 16.1. The van der Waals surface area contributed by atoms with Crippen molar-refractivity contribution in [3.05, 3.63) is 59.0 Å². The highest BCUT2D eigenvalue weighted by molar-refractivity contribution is 6.06. The Kier molecular flexibility index (Phi) is 6.79. The lowest BCUT2D eigenvalue weighted by molar-refractivity contribution is 0.0921. The molecule has 6 rings (SSSR count). The molecule has 2 aromatic heterocycles. The van der Waals surface area contributed by atoms with Crippen molar-refractivity contribution >= 4 is 16.8 Å². The van der Waals surface area contributed by atoms with Crippen LogP contribution in [-0.2, 0) is 25.9 Å². The van der Waals surface area contributed by atoms with E-state index in [0.717, 1.165) is 67.1 Å². The molecule has 0 saturated heterocycles. The first-order valence-corrected chi connectivity index (χ1v) is 14.1. The Morgan fingerprint density at radius 3 is 2.69 bits per heavy atom. The van der Waals surface area contributed by atoms with Crippen LogP contribution in [-0.4, -0.2) is 44.7 Å². The minimum atomic E-state index is 0.0359. The number of nitrogens with one attached hydrogen (secondary N) is 1. The molecule has 1 N–H and O–H groups in total. The SMILES string of the molecule is CCc1c2c(nn1CC1CC1)CN(CC[C@H]1CC[C@H](NC(=O)c3cccc4ncccc34)CC1)CC2. The van der Waals surface area contributed by atoms with Crippen LogP contribution in [0.2, 0.25) is 0 Å². The van der Waals surface area contributed by atoms with Gasteiger partial charge in [-0.05, 0) is 99.9 Å². The number of pyridine rings is 1. The topological polar surface area (TPSA) is 63.1 Å². The number of hydrogen-bond donors (Lipinski definition) is 1. The molecule has 6 heteroatoms. The summed E-state index contributed by atoms with van der Waals surface area (Å²) < 4.78 is 2.34. The number of benzene rings is 1. The van der Waals surface area contributed by atoms with Gasteiger partial charge in [0.1, 0.15) is 0 Å². The van der Waals surface area contributed by atoms with Crippen molar-refractivity contribution in [2.24, 2.45) is 11.8 Å². The van der Waals surface area contributed by atoms with Crippen LogP contribution < -0.4 is 5.32 Å². The second-order valence-corrected chi connectivity index (χ2v) is 11.2. The number of nitrogens with zero attached hydrogens (tertiary/aromatic N) is 4. The Morgan fingerprint density at radius 2 is 1.89 bits per heavy atom. The fourth-order valence-corrected chi connectivity index (χ4v) is 6.37. The molecule has 3 aromatic rings. The number of fused-ring (bicyclic) bond motifs is 2. The summed E-state index contributed by atoms with van der Waals surface area (Å²) in [6, 6.07) is 9.96. The van der Waals surface area contributed by atoms with Crippen LogP contribution in [0.1, 0.15) is 79.2 Å². The Labute approximate surface area is 214 Å². The number of amides is 1. The molecule has 0 radical (unpaired) electrons. The lowest BCUT2D eigenvalue weighted by Crippen LogP contribution is -2.38. The van der Waals surface area contributed by atoms with Gasteiger partial charge >= 0.3 is 0 Å². The van der Waals surface area contributed by atoms with Gasteiger partial charge in [0.25, 0.3) is 5.91 Å². The van der Waals surface area contributed by atoms with Crippen molar-refractivity contribution < 1.29 is 4.79 Å². The fraction of sp³-hybridized carbons (Fsp3) is 0.567. The van der Waals surface area contributed by atoms with E-state index in [4.69, 9.17) is 5.10 Å². The number of rotatable bonds is 8. The van der Waals surface area contributed by atoms with Gasteiger partial charge in [0.15, 0.2) is 0 Å². The number of hydrogen-bond acceptors (Lipinski definition) is 4. The largest absolute Gasteiger partial charge is 0.349 e. The first kappa shape index (κ1) is 23.7. The van der Waals surface area contributed by atoms with Crippen LogP contribution in [0.4, 0.5) is 0 Å². The molecule has 1 amide bonds. The van der Waals surface area contributed by atoms with Crippen molar-refractivity contribution in [2.75, 3.05) is 13.1 Å². The third-order valence-electron chi connectivity index (χ3n) is 8.69. The fourth-order valence-electron chi connectivity index (χ4n) is 6.37. The molecule has 0 atom stereocenters. The maximum atomic E-state index is 13.0. The van der Waals surface area contributed by atoms with Crippen molar-refractivity contribution in [1.29, 1.82) is 0 Å². The predicted molar refractivity (Wildman–Crippen MR) is 143 cm³/mol. The van der Waals surface area contributed by atoms with E-state index in [-0.39, 0.29) is 11.9 Å². The predicted octanol–water partition coefficient (Wildman–Crippen LogP) is 5.14. The zero-order chi connectivity index (χ0) is 24.5. The van der Waals surface area contributed by atoms with Gasteiger partial charge in [0.05, 0.1) is 11.2 Å². The number of carbonyl (C=O) groups excluding carboxylic acids is 1. The summed E-state index contributed by atoms with van der Waals surface area (Å²) in [5.41, 5.74) is 6.00. The van der Waals surface area contributed by atoms with Crippen molar-refractivity contribution in [1.82, 2.24) is 25.0 Å². The quantitative estimate of drug-likeness (QED) is 0.480. The van der Waals surface area contributed by atoms with Crippen molar-refractivity contribution in [3.8, 4) is 0 Å². The standard InChI is InChI=1S/C30H39N5O/c1-2-29-26-15-18-34(20-28(26)33-35(29)19-22-8-9-22)17-14-21-10-12-23(13-11-21)32-30(36)25-5-3-7-27-24(25)6-4-16-31-27/h3-7,16,21-23H,2,8-15,17-20H2,1H3,(H,32,36)/t21-,23-. The highest BCUT2D eigenvalue weighted by Gasteiger charge is 2.29. The molecule has 6 nitrogen and oxygen atoms in total. The average Bonchev–Trinajstić information content (AvgIpc) is 3.66. The molecule has 2 saturated carbocycles. The summed E-state index contributed by atoms with van der Waals surface area (Å²) >= 11 is 0. The Hall–Kier alpha value is -2.73. The number of carbonyl (C=O) groups is 1. The molecule has 0 bridgehead atoms. The lowest BCUT2D eigenvalue weighted by atomic mass is 9.83. The second-order valence-electron chi connectivity index (χ2n) is 11.2. The van der Waals surface area contributed by atoms with E-state index in [1.54, 1.807) is 11.8 Å². The van der Waals surface area contributed by atoms with Crippen LogP contribution in [0, 0.1) is 11.8 Å². The lowest BCUT2D eigenvalue weighted by Gasteiger charge is -2.32. The van der Waals surface area contributed by atoms with Gasteiger partial charge in [-0.25, -0.2) is 0 Å². The monoisotopic (exact) mass is 485 g/mol. The molecule has 1 aliphatic heterocycles. The molecular weight excluding hydrogens is 446 g/mol. The molecule has 2 fully saturated rings. The summed E-state index contributed by atoms with van der Waals surface area (Å²) in [6.45, 7) is 6.77. The molecule has 36 heavy (non-hydrogen) atoms. The summed E-state index contributed by atoms with van der Waals surface area (Å²) in [5.74, 6) is 1.67. The molecule has 3 aliphatic rings. The summed E-state index contributed by atoms with van der Waals surface area (Å²) in [7, 11) is 0. The van der Waals surface area contributed by atoms with E-state index in [9.17, 15) is 4.79 Å². The van der Waals surface area contributed by atoms with Crippen LogP contribution in [0.3, 0.4) is 0 Å². The van der Waals surface area contributed by atoms with E-state index in [0.29, 0.717) is 0 Å². The van der Waals surface area contributed by atoms with E-state index in [2.05, 4.69) is 26.8 Å². The van der Waals surface area contributed by atoms with Crippen LogP contribution in [0.25, 0.3) is 10.9 Å².